The third-order valence-corrected chi connectivity index (χ3v) is 4.16. The van der Waals surface area contributed by atoms with Crippen molar-refractivity contribution in [3.63, 3.8) is 0 Å². The highest BCUT2D eigenvalue weighted by atomic mass is 14.7. The molecule has 0 bridgehead atoms. The van der Waals surface area contributed by atoms with Crippen LogP contribution >= 0.6 is 0 Å². The van der Waals surface area contributed by atoms with Crippen LogP contribution in [0.3, 0.4) is 0 Å². The zero-order valence-electron chi connectivity index (χ0n) is 10.9. The first-order valence-corrected chi connectivity index (χ1v) is 6.72. The lowest BCUT2D eigenvalue weighted by Crippen LogP contribution is -1.97. The Bertz CT molecular complexity index is 690. The number of aromatic nitrogens is 1. The van der Waals surface area contributed by atoms with Crippen LogP contribution in [-0.2, 0) is 0 Å². The highest BCUT2D eigenvalue weighted by Gasteiger charge is 2.23. The number of hydrogen-bond acceptors (Lipinski definition) is 0. The number of fused-ring (bicyclic) bond motifs is 5. The molecule has 0 fully saturated rings. The molecule has 0 saturated heterocycles. The van der Waals surface area contributed by atoms with E-state index in [1.165, 1.54) is 33.5 Å². The van der Waals surface area contributed by atoms with Gasteiger partial charge in [-0.05, 0) is 22.8 Å². The second-order valence-electron chi connectivity index (χ2n) is 5.16. The quantitative estimate of drug-likeness (QED) is 0.584. The molecule has 1 aliphatic carbocycles. The minimum absolute atomic E-state index is 0.424. The van der Waals surface area contributed by atoms with Gasteiger partial charge in [0.05, 0.1) is 5.69 Å². The van der Waals surface area contributed by atoms with Crippen molar-refractivity contribution in [3.05, 3.63) is 71.9 Å². The summed E-state index contributed by atoms with van der Waals surface area (Å²) >= 11 is 0. The molecule has 0 aliphatic heterocycles. The predicted molar refractivity (Wildman–Crippen MR) is 79.2 cm³/mol. The Morgan fingerprint density at radius 1 is 0.737 bits per heavy atom. The summed E-state index contributed by atoms with van der Waals surface area (Å²) in [7, 11) is 0. The number of rotatable bonds is 0. The summed E-state index contributed by atoms with van der Waals surface area (Å²) in [5, 5.41) is 0. The minimum Gasteiger partial charge on any atom is -0.361 e. The van der Waals surface area contributed by atoms with Gasteiger partial charge in [0.15, 0.2) is 0 Å². The van der Waals surface area contributed by atoms with Gasteiger partial charge in [-0.3, -0.25) is 0 Å². The molecule has 0 saturated carbocycles. The van der Waals surface area contributed by atoms with Gasteiger partial charge >= 0.3 is 0 Å². The van der Waals surface area contributed by atoms with Crippen LogP contribution in [0.1, 0.15) is 24.0 Å². The van der Waals surface area contributed by atoms with Crippen molar-refractivity contribution >= 4 is 0 Å². The maximum absolute atomic E-state index is 3.42. The maximum Gasteiger partial charge on any atom is 0.0536 e. The highest BCUT2D eigenvalue weighted by molar-refractivity contribution is 5.87. The average molecular weight is 245 g/mol. The van der Waals surface area contributed by atoms with E-state index >= 15 is 0 Å². The average Bonchev–Trinajstić information content (AvgIpc) is 2.92. The first-order chi connectivity index (χ1) is 9.36. The van der Waals surface area contributed by atoms with Crippen LogP contribution in [0.2, 0.25) is 0 Å². The summed E-state index contributed by atoms with van der Waals surface area (Å²) in [5.74, 6) is 0.424. The molecule has 1 unspecified atom stereocenters. The van der Waals surface area contributed by atoms with Crippen LogP contribution in [0.15, 0.2) is 60.8 Å². The Morgan fingerprint density at radius 2 is 1.37 bits per heavy atom. The molecule has 19 heavy (non-hydrogen) atoms. The van der Waals surface area contributed by atoms with Gasteiger partial charge in [-0.15, -0.1) is 0 Å². The predicted octanol–water partition coefficient (Wildman–Crippen LogP) is 4.81. The molecule has 1 nitrogen and oxygen atoms in total. The van der Waals surface area contributed by atoms with Crippen molar-refractivity contribution in [1.29, 1.82) is 0 Å². The van der Waals surface area contributed by atoms with Crippen molar-refractivity contribution in [2.24, 2.45) is 0 Å². The summed E-state index contributed by atoms with van der Waals surface area (Å²) in [4.78, 5) is 3.42. The van der Waals surface area contributed by atoms with Crippen LogP contribution in [-0.4, -0.2) is 4.98 Å². The lowest BCUT2D eigenvalue weighted by molar-refractivity contribution is 0.931. The largest absolute Gasteiger partial charge is 0.361 e. The van der Waals surface area contributed by atoms with Crippen LogP contribution < -0.4 is 0 Å². The molecule has 3 aromatic rings. The topological polar surface area (TPSA) is 15.8 Å². The second-order valence-corrected chi connectivity index (χ2v) is 5.16. The van der Waals surface area contributed by atoms with E-state index in [0.29, 0.717) is 5.92 Å². The van der Waals surface area contributed by atoms with Crippen LogP contribution in [0.25, 0.3) is 22.4 Å². The van der Waals surface area contributed by atoms with Gasteiger partial charge in [-0.1, -0.05) is 55.5 Å². The number of H-pyrrole nitrogens is 1. The first kappa shape index (κ1) is 10.6. The van der Waals surface area contributed by atoms with Crippen molar-refractivity contribution in [3.8, 4) is 22.4 Å². The van der Waals surface area contributed by atoms with Crippen LogP contribution in [0.4, 0.5) is 0 Å². The van der Waals surface area contributed by atoms with E-state index in [1.807, 2.05) is 6.20 Å². The molecule has 1 heteroatoms. The van der Waals surface area contributed by atoms with Crippen molar-refractivity contribution in [2.75, 3.05) is 0 Å². The zero-order valence-corrected chi connectivity index (χ0v) is 10.9. The van der Waals surface area contributed by atoms with Gasteiger partial charge in [0.25, 0.3) is 0 Å². The fraction of sp³-hybridized carbons (Fsp3) is 0.111. The first-order valence-electron chi connectivity index (χ1n) is 6.72. The smallest absolute Gasteiger partial charge is 0.0536 e. The summed E-state index contributed by atoms with van der Waals surface area (Å²) < 4.78 is 0. The molecule has 2 aromatic carbocycles. The maximum atomic E-state index is 3.42. The normalized spacial score (nSPS) is 16.2. The fourth-order valence-electron chi connectivity index (χ4n) is 3.21. The molecular formula is C18H15N. The van der Waals surface area contributed by atoms with Gasteiger partial charge in [0.2, 0.25) is 0 Å². The van der Waals surface area contributed by atoms with Crippen molar-refractivity contribution in [2.45, 2.75) is 12.8 Å². The van der Waals surface area contributed by atoms with Crippen molar-refractivity contribution in [1.82, 2.24) is 4.98 Å². The molecule has 1 aliphatic rings. The van der Waals surface area contributed by atoms with E-state index in [9.17, 15) is 0 Å². The van der Waals surface area contributed by atoms with Gasteiger partial charge in [0.1, 0.15) is 0 Å². The minimum atomic E-state index is 0.424. The van der Waals surface area contributed by atoms with Crippen LogP contribution in [0.5, 0.6) is 0 Å². The Hall–Kier alpha value is -2.28. The van der Waals surface area contributed by atoms with Gasteiger partial charge in [-0.2, -0.15) is 0 Å². The molecule has 0 amide bonds. The van der Waals surface area contributed by atoms with E-state index in [-0.39, 0.29) is 0 Å². The number of nitrogens with one attached hydrogen (secondary N) is 1. The Kier molecular flexibility index (Phi) is 2.16. The molecular weight excluding hydrogens is 230 g/mol. The Morgan fingerprint density at radius 3 is 2.16 bits per heavy atom. The van der Waals surface area contributed by atoms with Gasteiger partial charge in [0, 0.05) is 23.2 Å². The molecule has 0 spiro atoms. The van der Waals surface area contributed by atoms with Crippen molar-refractivity contribution < 1.29 is 0 Å². The summed E-state index contributed by atoms with van der Waals surface area (Å²) in [6, 6.07) is 19.6. The molecule has 4 rings (SSSR count). The standard InChI is InChI=1S/C18H15N/c1-12-13-6-2-4-8-15(13)17-10-11-19-18(17)16-9-5-3-7-14(12)16/h2-12,19H,1H3. The third-order valence-electron chi connectivity index (χ3n) is 4.16. The van der Waals surface area contributed by atoms with E-state index in [2.05, 4.69) is 66.5 Å². The van der Waals surface area contributed by atoms with E-state index < -0.39 is 0 Å². The van der Waals surface area contributed by atoms with E-state index in [0.717, 1.165) is 0 Å². The molecule has 1 aromatic heterocycles. The second kappa shape index (κ2) is 3.86. The lowest BCUT2D eigenvalue weighted by atomic mass is 9.89. The number of benzene rings is 2. The van der Waals surface area contributed by atoms with Gasteiger partial charge in [-0.25, -0.2) is 0 Å². The third kappa shape index (κ3) is 1.42. The molecule has 0 radical (unpaired) electrons. The van der Waals surface area contributed by atoms with Crippen LogP contribution in [0, 0.1) is 0 Å². The summed E-state index contributed by atoms with van der Waals surface area (Å²) in [5.41, 5.74) is 8.04. The Labute approximate surface area is 112 Å². The SMILES string of the molecule is CC1c2ccccc2-c2cc[nH]c2-c2ccccc21. The number of aromatic amines is 1. The number of hydrogen-bond donors (Lipinski definition) is 1. The van der Waals surface area contributed by atoms with Gasteiger partial charge < -0.3 is 4.98 Å². The monoisotopic (exact) mass is 245 g/mol. The lowest BCUT2D eigenvalue weighted by Gasteiger charge is -2.15. The Balaban J connectivity index is 2.15. The molecule has 1 N–H and O–H groups in total. The zero-order chi connectivity index (χ0) is 12.8. The summed E-state index contributed by atoms with van der Waals surface area (Å²) in [6.07, 6.45) is 2.04. The summed E-state index contributed by atoms with van der Waals surface area (Å²) in [6.45, 7) is 2.30. The van der Waals surface area contributed by atoms with E-state index in [4.69, 9.17) is 0 Å². The van der Waals surface area contributed by atoms with E-state index in [1.54, 1.807) is 0 Å². The highest BCUT2D eigenvalue weighted by Crippen LogP contribution is 2.44. The fourth-order valence-corrected chi connectivity index (χ4v) is 3.21. The molecule has 92 valence electrons. The molecule has 1 atom stereocenters. The molecule has 1 heterocycles.